The van der Waals surface area contributed by atoms with Crippen LogP contribution in [-0.2, 0) is 3.79 Å². The summed E-state index contributed by atoms with van der Waals surface area (Å²) in [5, 5.41) is 0. The average molecular weight is 244 g/mol. The highest BCUT2D eigenvalue weighted by Crippen LogP contribution is 2.36. The van der Waals surface area contributed by atoms with Gasteiger partial charge in [0.15, 0.2) is 17.5 Å². The third-order valence-electron chi connectivity index (χ3n) is 1.30. The molecule has 2 N–H and O–H groups in total. The normalized spacial score (nSPS) is 11.8. The average Bonchev–Trinajstić information content (AvgIpc) is 1.97. The molecule has 0 aromatic carbocycles. The lowest BCUT2D eigenvalue weighted by atomic mass is 10.4. The second kappa shape index (κ2) is 3.44. The summed E-state index contributed by atoms with van der Waals surface area (Å²) in [7, 11) is 0. The number of aryl methyl sites for hydroxylation is 1. The van der Waals surface area contributed by atoms with Gasteiger partial charge in [-0.1, -0.05) is 34.8 Å². The van der Waals surface area contributed by atoms with Crippen LogP contribution >= 0.6 is 34.8 Å². The Balaban J connectivity index is 3.29. The summed E-state index contributed by atoms with van der Waals surface area (Å²) in [4.78, 5) is 7.14. The molecule has 0 aliphatic rings. The second-order valence-electron chi connectivity index (χ2n) is 2.33. The van der Waals surface area contributed by atoms with Crippen LogP contribution in [-0.4, -0.2) is 9.97 Å². The lowest BCUT2D eigenvalue weighted by Gasteiger charge is -2.10. The van der Waals surface area contributed by atoms with Crippen molar-refractivity contribution in [2.75, 3.05) is 5.73 Å². The number of hydrogen-bond donors (Lipinski definition) is 1. The van der Waals surface area contributed by atoms with Crippen LogP contribution in [0, 0.1) is 12.7 Å². The van der Waals surface area contributed by atoms with Crippen molar-refractivity contribution in [3.63, 3.8) is 0 Å². The minimum Gasteiger partial charge on any atom is -0.381 e. The van der Waals surface area contributed by atoms with E-state index in [9.17, 15) is 4.39 Å². The van der Waals surface area contributed by atoms with Crippen LogP contribution in [0.2, 0.25) is 0 Å². The number of nitrogens with zero attached hydrogens (tertiary/aromatic N) is 2. The van der Waals surface area contributed by atoms with E-state index in [2.05, 4.69) is 9.97 Å². The fraction of sp³-hybridized carbons (Fsp3) is 0.333. The zero-order valence-electron chi connectivity index (χ0n) is 6.48. The van der Waals surface area contributed by atoms with Gasteiger partial charge in [0.25, 0.3) is 0 Å². The Morgan fingerprint density at radius 1 is 1.31 bits per heavy atom. The van der Waals surface area contributed by atoms with Crippen molar-refractivity contribution < 1.29 is 4.39 Å². The lowest BCUT2D eigenvalue weighted by Crippen LogP contribution is -2.12. The third kappa shape index (κ3) is 2.33. The van der Waals surface area contributed by atoms with E-state index in [0.717, 1.165) is 0 Å². The first-order valence-electron chi connectivity index (χ1n) is 3.19. The van der Waals surface area contributed by atoms with Crippen molar-refractivity contribution in [1.82, 2.24) is 9.97 Å². The maximum Gasteiger partial charge on any atom is 0.250 e. The molecule has 0 bridgehead atoms. The number of anilines is 1. The van der Waals surface area contributed by atoms with Gasteiger partial charge in [-0.3, -0.25) is 0 Å². The van der Waals surface area contributed by atoms with Gasteiger partial charge in [0, 0.05) is 0 Å². The Bertz CT molecular complexity index is 313. The molecule has 0 unspecified atom stereocenters. The van der Waals surface area contributed by atoms with E-state index in [1.54, 1.807) is 0 Å². The van der Waals surface area contributed by atoms with Crippen LogP contribution in [0.5, 0.6) is 0 Å². The molecule has 0 aliphatic heterocycles. The molecule has 0 amide bonds. The summed E-state index contributed by atoms with van der Waals surface area (Å²) >= 11 is 16.4. The Hall–Kier alpha value is -0.320. The summed E-state index contributed by atoms with van der Waals surface area (Å²) < 4.78 is 11.1. The molecule has 7 heteroatoms. The molecule has 0 saturated heterocycles. The fourth-order valence-electron chi connectivity index (χ4n) is 0.708. The van der Waals surface area contributed by atoms with Gasteiger partial charge in [-0.05, 0) is 6.92 Å². The predicted molar refractivity (Wildman–Crippen MR) is 50.4 cm³/mol. The largest absolute Gasteiger partial charge is 0.381 e. The van der Waals surface area contributed by atoms with E-state index in [0.29, 0.717) is 0 Å². The highest BCUT2D eigenvalue weighted by Gasteiger charge is 2.28. The molecular weight excluding hydrogens is 239 g/mol. The van der Waals surface area contributed by atoms with Gasteiger partial charge in [-0.2, -0.15) is 0 Å². The minimum atomic E-state index is -1.79. The van der Waals surface area contributed by atoms with Crippen molar-refractivity contribution in [2.45, 2.75) is 10.7 Å². The first-order valence-corrected chi connectivity index (χ1v) is 4.32. The number of alkyl halides is 3. The highest BCUT2D eigenvalue weighted by molar-refractivity contribution is 6.66. The number of hydrogen-bond acceptors (Lipinski definition) is 3. The van der Waals surface area contributed by atoms with Crippen LogP contribution in [0.25, 0.3) is 0 Å². The summed E-state index contributed by atoms with van der Waals surface area (Å²) in [6.07, 6.45) is 0. The number of halogens is 4. The Labute approximate surface area is 89.0 Å². The standard InChI is InChI=1S/C6H5Cl3FN3/c1-2-3(10)4(11)13-5(12-2)6(7,8)9/h1H3,(H2,11,12,13). The third-order valence-corrected chi connectivity index (χ3v) is 1.80. The highest BCUT2D eigenvalue weighted by atomic mass is 35.6. The lowest BCUT2D eigenvalue weighted by molar-refractivity contribution is 0.603. The van der Waals surface area contributed by atoms with Crippen LogP contribution < -0.4 is 5.73 Å². The zero-order chi connectivity index (χ0) is 10.2. The maximum atomic E-state index is 12.9. The molecule has 0 atom stereocenters. The van der Waals surface area contributed by atoms with Crippen LogP contribution in [0.1, 0.15) is 11.5 Å². The van der Waals surface area contributed by atoms with Gasteiger partial charge in [-0.25, -0.2) is 14.4 Å². The molecule has 0 spiro atoms. The van der Waals surface area contributed by atoms with E-state index in [4.69, 9.17) is 40.5 Å². The molecular formula is C6H5Cl3FN3. The molecule has 0 aliphatic carbocycles. The van der Waals surface area contributed by atoms with Gasteiger partial charge >= 0.3 is 0 Å². The first kappa shape index (κ1) is 10.8. The quantitative estimate of drug-likeness (QED) is 0.713. The van der Waals surface area contributed by atoms with Crippen LogP contribution in [0.3, 0.4) is 0 Å². The molecule has 3 nitrogen and oxygen atoms in total. The molecule has 0 saturated carbocycles. The molecule has 1 heterocycles. The van der Waals surface area contributed by atoms with Crippen molar-refractivity contribution in [3.05, 3.63) is 17.3 Å². The number of nitrogen functional groups attached to an aromatic ring is 1. The topological polar surface area (TPSA) is 51.8 Å². The number of rotatable bonds is 0. The van der Waals surface area contributed by atoms with Crippen molar-refractivity contribution >= 4 is 40.6 Å². The predicted octanol–water partition coefficient (Wildman–Crippen LogP) is 2.33. The van der Waals surface area contributed by atoms with E-state index < -0.39 is 9.61 Å². The summed E-state index contributed by atoms with van der Waals surface area (Å²) in [5.74, 6) is -1.15. The van der Waals surface area contributed by atoms with Crippen molar-refractivity contribution in [2.24, 2.45) is 0 Å². The molecule has 1 rings (SSSR count). The summed E-state index contributed by atoms with van der Waals surface area (Å²) in [6.45, 7) is 1.41. The molecule has 0 radical (unpaired) electrons. The Morgan fingerprint density at radius 3 is 2.23 bits per heavy atom. The second-order valence-corrected chi connectivity index (χ2v) is 4.61. The van der Waals surface area contributed by atoms with E-state index in [-0.39, 0.29) is 17.3 Å². The first-order chi connectivity index (χ1) is 5.82. The van der Waals surface area contributed by atoms with E-state index in [1.807, 2.05) is 0 Å². The molecule has 1 aromatic rings. The Kier molecular flexibility index (Phi) is 2.85. The maximum absolute atomic E-state index is 12.9. The molecule has 1 aromatic heterocycles. The summed E-state index contributed by atoms with van der Waals surface area (Å²) in [5.41, 5.74) is 5.27. The van der Waals surface area contributed by atoms with Gasteiger partial charge in [0.2, 0.25) is 3.79 Å². The minimum absolute atomic E-state index is 0.0498. The monoisotopic (exact) mass is 243 g/mol. The van der Waals surface area contributed by atoms with Gasteiger partial charge < -0.3 is 5.73 Å². The molecule has 13 heavy (non-hydrogen) atoms. The molecule has 0 fully saturated rings. The number of nitrogens with two attached hydrogens (primary N) is 1. The van der Waals surface area contributed by atoms with E-state index in [1.165, 1.54) is 6.92 Å². The van der Waals surface area contributed by atoms with Gasteiger partial charge in [0.05, 0.1) is 5.69 Å². The zero-order valence-corrected chi connectivity index (χ0v) is 8.75. The summed E-state index contributed by atoms with van der Waals surface area (Å²) in [6, 6.07) is 0. The van der Waals surface area contributed by atoms with Gasteiger partial charge in [-0.15, -0.1) is 0 Å². The smallest absolute Gasteiger partial charge is 0.250 e. The molecule has 72 valence electrons. The SMILES string of the molecule is Cc1nc(C(Cl)(Cl)Cl)nc(N)c1F. The van der Waals surface area contributed by atoms with Crippen LogP contribution in [0.15, 0.2) is 0 Å². The van der Waals surface area contributed by atoms with E-state index >= 15 is 0 Å². The van der Waals surface area contributed by atoms with Gasteiger partial charge in [0.1, 0.15) is 0 Å². The number of aromatic nitrogens is 2. The van der Waals surface area contributed by atoms with Crippen molar-refractivity contribution in [3.8, 4) is 0 Å². The fourth-order valence-corrected chi connectivity index (χ4v) is 0.962. The van der Waals surface area contributed by atoms with Crippen molar-refractivity contribution in [1.29, 1.82) is 0 Å². The Morgan fingerprint density at radius 2 is 1.85 bits per heavy atom. The van der Waals surface area contributed by atoms with Crippen LogP contribution in [0.4, 0.5) is 10.2 Å².